The molecule has 1 aliphatic heterocycles. The van der Waals surface area contributed by atoms with Gasteiger partial charge in [0.2, 0.25) is 11.8 Å². The minimum atomic E-state index is -0.498. The number of aryl methyl sites for hydroxylation is 2. The zero-order chi connectivity index (χ0) is 16.6. The second-order valence-electron chi connectivity index (χ2n) is 6.01. The highest BCUT2D eigenvalue weighted by molar-refractivity contribution is 5.88. The van der Waals surface area contributed by atoms with Crippen LogP contribution in [0.25, 0.3) is 11.0 Å². The van der Waals surface area contributed by atoms with Gasteiger partial charge in [0.1, 0.15) is 17.1 Å². The second-order valence-corrected chi connectivity index (χ2v) is 6.01. The molecule has 0 aromatic carbocycles. The lowest BCUT2D eigenvalue weighted by Gasteiger charge is -2.17. The number of likely N-dealkylation sites (tertiary alicyclic amines) is 1. The van der Waals surface area contributed by atoms with Crippen LogP contribution < -0.4 is 5.32 Å². The molecule has 3 rings (SSSR count). The van der Waals surface area contributed by atoms with Gasteiger partial charge in [-0.2, -0.15) is 10.2 Å². The largest absolute Gasteiger partial charge is 0.345 e. The lowest BCUT2D eigenvalue weighted by Crippen LogP contribution is -2.41. The van der Waals surface area contributed by atoms with E-state index in [9.17, 15) is 9.59 Å². The Balaban J connectivity index is 1.68. The first-order valence-electron chi connectivity index (χ1n) is 7.91. The van der Waals surface area contributed by atoms with Crippen LogP contribution in [0.15, 0.2) is 6.20 Å². The Morgan fingerprint density at radius 2 is 2.04 bits per heavy atom. The summed E-state index contributed by atoms with van der Waals surface area (Å²) in [6.07, 6.45) is 3.79. The van der Waals surface area contributed by atoms with Crippen molar-refractivity contribution >= 4 is 22.8 Å². The zero-order valence-corrected chi connectivity index (χ0v) is 13.7. The van der Waals surface area contributed by atoms with Crippen molar-refractivity contribution < 1.29 is 9.59 Å². The molecule has 0 radical (unpaired) electrons. The van der Waals surface area contributed by atoms with Crippen LogP contribution in [0.3, 0.4) is 0 Å². The molecule has 0 unspecified atom stereocenters. The predicted molar refractivity (Wildman–Crippen MR) is 84.8 cm³/mol. The van der Waals surface area contributed by atoms with E-state index in [2.05, 4.69) is 15.5 Å². The van der Waals surface area contributed by atoms with Crippen LogP contribution in [0.2, 0.25) is 0 Å². The van der Waals surface area contributed by atoms with Gasteiger partial charge >= 0.3 is 0 Å². The molecular formula is C15H22N6O2. The van der Waals surface area contributed by atoms with E-state index in [1.54, 1.807) is 27.4 Å². The number of fused-ring (bicyclic) bond motifs is 1. The first kappa shape index (κ1) is 15.5. The molecule has 0 spiro atoms. The minimum absolute atomic E-state index is 0.0220. The molecule has 2 aromatic rings. The summed E-state index contributed by atoms with van der Waals surface area (Å²) in [5.74, 6) is -0.239. The van der Waals surface area contributed by atoms with E-state index in [0.717, 1.165) is 42.7 Å². The van der Waals surface area contributed by atoms with E-state index >= 15 is 0 Å². The van der Waals surface area contributed by atoms with Crippen molar-refractivity contribution in [3.63, 3.8) is 0 Å². The normalized spacial score (nSPS) is 16.0. The van der Waals surface area contributed by atoms with E-state index in [1.807, 2.05) is 14.0 Å². The summed E-state index contributed by atoms with van der Waals surface area (Å²) < 4.78 is 3.41. The fourth-order valence-corrected chi connectivity index (χ4v) is 3.06. The molecule has 23 heavy (non-hydrogen) atoms. The maximum atomic E-state index is 12.4. The molecular weight excluding hydrogens is 296 g/mol. The number of hydrogen-bond donors (Lipinski definition) is 1. The smallest absolute Gasteiger partial charge is 0.245 e. The Bertz CT molecular complexity index is 741. The second kappa shape index (κ2) is 6.02. The molecule has 2 aromatic heterocycles. The van der Waals surface area contributed by atoms with Gasteiger partial charge in [-0.05, 0) is 26.7 Å². The fourth-order valence-electron chi connectivity index (χ4n) is 3.06. The maximum Gasteiger partial charge on any atom is 0.245 e. The number of carbonyl (C=O) groups excluding carboxylic acids is 2. The quantitative estimate of drug-likeness (QED) is 0.883. The van der Waals surface area contributed by atoms with Crippen molar-refractivity contribution in [2.24, 2.45) is 7.05 Å². The van der Waals surface area contributed by atoms with E-state index in [1.165, 1.54) is 0 Å². The molecule has 8 nitrogen and oxygen atoms in total. The van der Waals surface area contributed by atoms with Crippen molar-refractivity contribution in [2.45, 2.75) is 32.7 Å². The average molecular weight is 318 g/mol. The molecule has 124 valence electrons. The summed E-state index contributed by atoms with van der Waals surface area (Å²) in [5.41, 5.74) is 2.56. The average Bonchev–Trinajstić information content (AvgIpc) is 3.23. The third-order valence-electron chi connectivity index (χ3n) is 4.39. The van der Waals surface area contributed by atoms with Gasteiger partial charge in [-0.1, -0.05) is 0 Å². The van der Waals surface area contributed by atoms with Crippen molar-refractivity contribution in [3.8, 4) is 0 Å². The van der Waals surface area contributed by atoms with Crippen LogP contribution in [-0.4, -0.2) is 55.9 Å². The fraction of sp³-hybridized carbons (Fsp3) is 0.600. The van der Waals surface area contributed by atoms with E-state index in [4.69, 9.17) is 0 Å². The summed E-state index contributed by atoms with van der Waals surface area (Å²) in [7, 11) is 1.85. The Morgan fingerprint density at radius 3 is 2.74 bits per heavy atom. The maximum absolute atomic E-state index is 12.4. The molecule has 1 N–H and O–H groups in total. The topological polar surface area (TPSA) is 85.0 Å². The number of hydrogen-bond acceptors (Lipinski definition) is 4. The van der Waals surface area contributed by atoms with Crippen LogP contribution in [-0.2, 0) is 16.6 Å². The summed E-state index contributed by atoms with van der Waals surface area (Å²) in [4.78, 5) is 26.2. The number of rotatable bonds is 4. The van der Waals surface area contributed by atoms with Crippen LogP contribution in [0.4, 0.5) is 0 Å². The molecule has 1 fully saturated rings. The molecule has 1 aliphatic rings. The molecule has 1 atom stereocenters. The van der Waals surface area contributed by atoms with Crippen molar-refractivity contribution in [3.05, 3.63) is 11.9 Å². The molecule has 0 aliphatic carbocycles. The molecule has 3 heterocycles. The highest BCUT2D eigenvalue weighted by Crippen LogP contribution is 2.20. The lowest BCUT2D eigenvalue weighted by atomic mass is 10.3. The monoisotopic (exact) mass is 318 g/mol. The minimum Gasteiger partial charge on any atom is -0.345 e. The van der Waals surface area contributed by atoms with Gasteiger partial charge in [-0.25, -0.2) is 4.68 Å². The van der Waals surface area contributed by atoms with Gasteiger partial charge in [0.05, 0.1) is 18.4 Å². The van der Waals surface area contributed by atoms with Gasteiger partial charge in [0.25, 0.3) is 0 Å². The standard InChI is InChI=1S/C15H22N6O2/c1-10-14-12(19(3)18-10)8-17-21(14)11(2)15(23)16-9-13(22)20-6-4-5-7-20/h8,11H,4-7,9H2,1-3H3,(H,16,23)/t11-/m1/s1. The summed E-state index contributed by atoms with van der Waals surface area (Å²) in [6.45, 7) is 5.29. The Labute approximate surface area is 134 Å². The third-order valence-corrected chi connectivity index (χ3v) is 4.39. The van der Waals surface area contributed by atoms with Gasteiger partial charge < -0.3 is 10.2 Å². The third kappa shape index (κ3) is 2.80. The first-order chi connectivity index (χ1) is 11.0. The Hall–Kier alpha value is -2.38. The molecule has 2 amide bonds. The summed E-state index contributed by atoms with van der Waals surface area (Å²) in [5, 5.41) is 11.4. The van der Waals surface area contributed by atoms with Gasteiger partial charge in [0, 0.05) is 20.1 Å². The van der Waals surface area contributed by atoms with E-state index < -0.39 is 6.04 Å². The van der Waals surface area contributed by atoms with Crippen LogP contribution in [0, 0.1) is 6.92 Å². The number of nitrogens with one attached hydrogen (secondary N) is 1. The van der Waals surface area contributed by atoms with Gasteiger partial charge in [0.15, 0.2) is 0 Å². The van der Waals surface area contributed by atoms with Crippen molar-refractivity contribution in [1.29, 1.82) is 0 Å². The van der Waals surface area contributed by atoms with E-state index in [-0.39, 0.29) is 18.4 Å². The predicted octanol–water partition coefficient (Wildman–Crippen LogP) is 0.378. The van der Waals surface area contributed by atoms with Gasteiger partial charge in [-0.3, -0.25) is 14.3 Å². The number of amides is 2. The Kier molecular flexibility index (Phi) is 4.06. The summed E-state index contributed by atoms with van der Waals surface area (Å²) >= 11 is 0. The lowest BCUT2D eigenvalue weighted by molar-refractivity contribution is -0.132. The first-order valence-corrected chi connectivity index (χ1v) is 7.91. The summed E-state index contributed by atoms with van der Waals surface area (Å²) in [6, 6.07) is -0.498. The van der Waals surface area contributed by atoms with Crippen LogP contribution in [0.5, 0.6) is 0 Å². The molecule has 0 bridgehead atoms. The number of aromatic nitrogens is 4. The van der Waals surface area contributed by atoms with Gasteiger partial charge in [-0.15, -0.1) is 0 Å². The number of carbonyl (C=O) groups is 2. The Morgan fingerprint density at radius 1 is 1.35 bits per heavy atom. The van der Waals surface area contributed by atoms with Crippen LogP contribution in [0.1, 0.15) is 31.5 Å². The highest BCUT2D eigenvalue weighted by atomic mass is 16.2. The number of nitrogens with zero attached hydrogens (tertiary/aromatic N) is 5. The zero-order valence-electron chi connectivity index (χ0n) is 13.7. The van der Waals surface area contributed by atoms with Crippen molar-refractivity contribution in [1.82, 2.24) is 29.8 Å². The SMILES string of the molecule is Cc1nn(C)c2cnn([C@H](C)C(=O)NCC(=O)N3CCCC3)c12. The van der Waals surface area contributed by atoms with Crippen LogP contribution >= 0.6 is 0 Å². The van der Waals surface area contributed by atoms with E-state index in [0.29, 0.717) is 0 Å². The molecule has 0 saturated carbocycles. The van der Waals surface area contributed by atoms with Crippen molar-refractivity contribution in [2.75, 3.05) is 19.6 Å². The molecule has 1 saturated heterocycles. The molecule has 8 heteroatoms. The highest BCUT2D eigenvalue weighted by Gasteiger charge is 2.23.